The van der Waals surface area contributed by atoms with E-state index in [0.717, 1.165) is 0 Å². The second-order valence-corrected chi connectivity index (χ2v) is 6.86. The van der Waals surface area contributed by atoms with Crippen LogP contribution in [0.3, 0.4) is 0 Å². The van der Waals surface area contributed by atoms with Gasteiger partial charge in [0.15, 0.2) is 0 Å². The van der Waals surface area contributed by atoms with Gasteiger partial charge in [0.2, 0.25) is 10.5 Å². The molecule has 0 atom stereocenters. The number of benzene rings is 1. The molecule has 0 amide bonds. The molecule has 0 aliphatic heterocycles. The molecule has 0 saturated carbocycles. The van der Waals surface area contributed by atoms with Crippen LogP contribution in [-0.2, 0) is 9.53 Å². The lowest BCUT2D eigenvalue weighted by Crippen LogP contribution is -2.26. The van der Waals surface area contributed by atoms with Gasteiger partial charge in [-0.15, -0.1) is 0 Å². The Labute approximate surface area is 105 Å². The topological polar surface area (TPSA) is 9.23 Å². The average Bonchev–Trinajstić information content (AvgIpc) is 2.17. The van der Waals surface area contributed by atoms with Crippen molar-refractivity contribution in [3.05, 3.63) is 28.3 Å². The third-order valence-electron chi connectivity index (χ3n) is 3.19. The molecule has 1 aromatic rings. The van der Waals surface area contributed by atoms with E-state index in [2.05, 4.69) is 58.1 Å². The van der Waals surface area contributed by atoms with Crippen LogP contribution in [-0.4, -0.2) is 20.2 Å². The van der Waals surface area contributed by atoms with Crippen LogP contribution in [0.4, 0.5) is 0 Å². The van der Waals surface area contributed by atoms with Gasteiger partial charge in [-0.3, -0.25) is 0 Å². The lowest BCUT2D eigenvalue weighted by atomic mass is 9.82. The first-order chi connectivity index (χ1) is 7.29. The van der Waals surface area contributed by atoms with Gasteiger partial charge in [-0.05, 0) is 53.6 Å². The maximum atomic E-state index is 5.10. The fourth-order valence-corrected chi connectivity index (χ4v) is 2.97. The molecule has 3 heteroatoms. The minimum atomic E-state index is 0.188. The highest BCUT2D eigenvalue weighted by molar-refractivity contribution is 6.51. The van der Waals surface area contributed by atoms with E-state index in [0.29, 0.717) is 9.76 Å². The second kappa shape index (κ2) is 4.86. The Morgan fingerprint density at radius 2 is 1.62 bits per heavy atom. The summed E-state index contributed by atoms with van der Waals surface area (Å²) in [7, 11) is 3.47. The predicted molar refractivity (Wildman–Crippen MR) is 71.6 cm³/mol. The zero-order valence-corrected chi connectivity index (χ0v) is 13.0. The lowest BCUT2D eigenvalue weighted by molar-refractivity contribution is 0.585. The highest BCUT2D eigenvalue weighted by atomic mass is 28.3. The number of hydrogen-bond acceptors (Lipinski definition) is 1. The van der Waals surface area contributed by atoms with Crippen molar-refractivity contribution in [1.29, 1.82) is 0 Å². The van der Waals surface area contributed by atoms with E-state index in [-0.39, 0.29) is 5.41 Å². The molecule has 1 rings (SSSR count). The molecule has 0 fully saturated rings. The average molecular weight is 247 g/mol. The number of rotatable bonds is 2. The molecule has 0 bridgehead atoms. The first-order valence-electron chi connectivity index (χ1n) is 5.49. The fraction of sp³-hybridized carbons (Fsp3) is 0.538. The summed E-state index contributed by atoms with van der Waals surface area (Å²) in [6.07, 6.45) is 0. The van der Waals surface area contributed by atoms with Crippen LogP contribution in [0.25, 0.3) is 0 Å². The van der Waals surface area contributed by atoms with Gasteiger partial charge in [0.25, 0.3) is 9.76 Å². The van der Waals surface area contributed by atoms with Gasteiger partial charge in [0.05, 0.1) is 0 Å². The molecule has 0 unspecified atom stereocenters. The van der Waals surface area contributed by atoms with Crippen molar-refractivity contribution >= 4 is 25.4 Å². The SMILES string of the molecule is Cc1c([Si]O[Si])cc(C(C)(C)C)c(C)c1C. The molecule has 16 heavy (non-hydrogen) atoms. The Hall–Kier alpha value is -0.386. The third kappa shape index (κ3) is 2.65. The summed E-state index contributed by atoms with van der Waals surface area (Å²) in [4.78, 5) is 0. The quantitative estimate of drug-likeness (QED) is 0.729. The van der Waals surface area contributed by atoms with E-state index in [9.17, 15) is 0 Å². The second-order valence-electron chi connectivity index (χ2n) is 5.30. The molecule has 85 valence electrons. The minimum absolute atomic E-state index is 0.188. The van der Waals surface area contributed by atoms with Crippen LogP contribution in [0.15, 0.2) is 6.07 Å². The molecule has 0 aliphatic carbocycles. The third-order valence-corrected chi connectivity index (χ3v) is 4.34. The summed E-state index contributed by atoms with van der Waals surface area (Å²) in [6.45, 7) is 13.3. The van der Waals surface area contributed by atoms with Crippen LogP contribution >= 0.6 is 0 Å². The monoisotopic (exact) mass is 247 g/mol. The highest BCUT2D eigenvalue weighted by Gasteiger charge is 2.20. The molecule has 0 aliphatic rings. The van der Waals surface area contributed by atoms with E-state index in [4.69, 9.17) is 4.12 Å². The van der Waals surface area contributed by atoms with Crippen LogP contribution in [0.1, 0.15) is 43.0 Å². The normalized spacial score (nSPS) is 11.9. The van der Waals surface area contributed by atoms with E-state index in [1.165, 1.54) is 27.4 Å². The summed E-state index contributed by atoms with van der Waals surface area (Å²) in [5.74, 6) is 0. The van der Waals surface area contributed by atoms with Crippen molar-refractivity contribution in [2.45, 2.75) is 47.0 Å². The summed E-state index contributed by atoms with van der Waals surface area (Å²) in [6, 6.07) is 2.29. The molecular weight excluding hydrogens is 228 g/mol. The van der Waals surface area contributed by atoms with E-state index < -0.39 is 0 Å². The van der Waals surface area contributed by atoms with Gasteiger partial charge in [-0.1, -0.05) is 26.8 Å². The van der Waals surface area contributed by atoms with Crippen LogP contribution in [0, 0.1) is 20.8 Å². The molecule has 0 aromatic heterocycles. The zero-order chi connectivity index (χ0) is 12.5. The summed E-state index contributed by atoms with van der Waals surface area (Å²) >= 11 is 0. The van der Waals surface area contributed by atoms with Crippen molar-refractivity contribution in [1.82, 2.24) is 0 Å². The molecule has 0 spiro atoms. The Kier molecular flexibility index (Phi) is 4.15. The van der Waals surface area contributed by atoms with Gasteiger partial charge in [-0.2, -0.15) is 0 Å². The van der Waals surface area contributed by atoms with E-state index in [1.807, 2.05) is 0 Å². The van der Waals surface area contributed by atoms with E-state index >= 15 is 0 Å². The maximum absolute atomic E-state index is 5.10. The van der Waals surface area contributed by atoms with Crippen molar-refractivity contribution in [2.75, 3.05) is 0 Å². The standard InChI is InChI=1S/C13H19OSi2/c1-8-9(2)11(13(4,5)6)7-12(10(8)3)16-14-15/h7H,1-6H3. The van der Waals surface area contributed by atoms with Crippen molar-refractivity contribution in [3.63, 3.8) is 0 Å². The van der Waals surface area contributed by atoms with Crippen LogP contribution < -0.4 is 5.19 Å². The molecule has 0 saturated heterocycles. The Morgan fingerprint density at radius 3 is 2.06 bits per heavy atom. The van der Waals surface area contributed by atoms with Crippen molar-refractivity contribution in [2.24, 2.45) is 0 Å². The fourth-order valence-electron chi connectivity index (χ4n) is 1.99. The maximum Gasteiger partial charge on any atom is 0.256 e. The summed E-state index contributed by atoms with van der Waals surface area (Å²) < 4.78 is 5.10. The molecule has 0 heterocycles. The van der Waals surface area contributed by atoms with Gasteiger partial charge < -0.3 is 4.12 Å². The molecule has 1 nitrogen and oxygen atoms in total. The summed E-state index contributed by atoms with van der Waals surface area (Å²) in [5.41, 5.74) is 5.75. The van der Waals surface area contributed by atoms with Gasteiger partial charge in [-0.25, -0.2) is 0 Å². The molecule has 0 N–H and O–H groups in total. The largest absolute Gasteiger partial charge is 0.454 e. The smallest absolute Gasteiger partial charge is 0.256 e. The minimum Gasteiger partial charge on any atom is -0.454 e. The van der Waals surface area contributed by atoms with Gasteiger partial charge >= 0.3 is 0 Å². The molecule has 5 radical (unpaired) electrons. The van der Waals surface area contributed by atoms with Crippen LogP contribution in [0.2, 0.25) is 0 Å². The predicted octanol–water partition coefficient (Wildman–Crippen LogP) is 2.25. The van der Waals surface area contributed by atoms with Gasteiger partial charge in [0, 0.05) is 0 Å². The number of hydrogen-bond donors (Lipinski definition) is 0. The molecular formula is C13H19OSi2. The Bertz CT molecular complexity index is 392. The first-order valence-corrected chi connectivity index (χ1v) is 6.80. The van der Waals surface area contributed by atoms with Crippen molar-refractivity contribution < 1.29 is 4.12 Å². The van der Waals surface area contributed by atoms with Crippen LogP contribution in [0.5, 0.6) is 0 Å². The first kappa shape index (κ1) is 13.7. The lowest BCUT2D eigenvalue weighted by Gasteiger charge is -2.25. The Morgan fingerprint density at radius 1 is 1.06 bits per heavy atom. The van der Waals surface area contributed by atoms with Gasteiger partial charge in [0.1, 0.15) is 0 Å². The Balaban J connectivity index is 3.41. The van der Waals surface area contributed by atoms with Crippen molar-refractivity contribution in [3.8, 4) is 0 Å². The summed E-state index contributed by atoms with van der Waals surface area (Å²) in [5, 5.41) is 1.29. The van der Waals surface area contributed by atoms with E-state index in [1.54, 1.807) is 0 Å². The highest BCUT2D eigenvalue weighted by Crippen LogP contribution is 2.27. The molecule has 1 aromatic carbocycles. The zero-order valence-electron chi connectivity index (χ0n) is 11.0.